The number of fused-ring (bicyclic) bond motifs is 1. The van der Waals surface area contributed by atoms with Gasteiger partial charge in [0.2, 0.25) is 0 Å². The maximum absolute atomic E-state index is 12.4. The number of amides is 1. The predicted octanol–water partition coefficient (Wildman–Crippen LogP) is 4.97. The van der Waals surface area contributed by atoms with Crippen LogP contribution in [0.5, 0.6) is 5.75 Å². The normalized spacial score (nSPS) is 12.2. The average Bonchev–Trinajstić information content (AvgIpc) is 3.16. The van der Waals surface area contributed by atoms with Crippen molar-refractivity contribution in [2.45, 2.75) is 6.36 Å². The molecule has 7 nitrogen and oxygen atoms in total. The number of hydrogen-bond acceptors (Lipinski definition) is 3. The Morgan fingerprint density at radius 2 is 1.78 bits per heavy atom. The van der Waals surface area contributed by atoms with Gasteiger partial charge in [0.15, 0.2) is 0 Å². The Morgan fingerprint density at radius 1 is 1.03 bits per heavy atom. The Hall–Kier alpha value is -4.34. The number of ether oxygens (including phenoxy) is 1. The van der Waals surface area contributed by atoms with Gasteiger partial charge in [0.25, 0.3) is 0 Å². The molecule has 1 aromatic heterocycles. The molecule has 4 aromatic rings. The minimum absolute atomic E-state index is 0.137. The van der Waals surface area contributed by atoms with Crippen LogP contribution in [0.4, 0.5) is 18.0 Å². The lowest BCUT2D eigenvalue weighted by atomic mass is 10.0. The predicted molar refractivity (Wildman–Crippen MR) is 112 cm³/mol. The zero-order valence-corrected chi connectivity index (χ0v) is 16.2. The summed E-state index contributed by atoms with van der Waals surface area (Å²) in [6, 6.07) is 17.9. The van der Waals surface area contributed by atoms with Crippen LogP contribution in [0, 0.1) is 0 Å². The largest absolute Gasteiger partial charge is 0.573 e. The van der Waals surface area contributed by atoms with Gasteiger partial charge in [-0.3, -0.25) is 4.57 Å². The molecular formula is C22H15F3N4O3. The number of halogens is 3. The van der Waals surface area contributed by atoms with Gasteiger partial charge in [0.1, 0.15) is 17.9 Å². The summed E-state index contributed by atoms with van der Waals surface area (Å²) in [6.07, 6.45) is -4.53. The van der Waals surface area contributed by atoms with Crippen LogP contribution in [0.25, 0.3) is 27.8 Å². The van der Waals surface area contributed by atoms with E-state index in [1.807, 2.05) is 18.2 Å². The molecule has 0 spiro atoms. The van der Waals surface area contributed by atoms with E-state index in [0.29, 0.717) is 22.2 Å². The highest BCUT2D eigenvalue weighted by Crippen LogP contribution is 2.28. The molecule has 4 rings (SSSR count). The third kappa shape index (κ3) is 4.53. The summed E-state index contributed by atoms with van der Waals surface area (Å²) in [7, 11) is 0. The molecule has 1 amide bonds. The minimum atomic E-state index is -4.75. The van der Waals surface area contributed by atoms with E-state index in [1.54, 1.807) is 35.2 Å². The summed E-state index contributed by atoms with van der Waals surface area (Å²) >= 11 is 0. The van der Waals surface area contributed by atoms with Crippen molar-refractivity contribution >= 4 is 23.0 Å². The van der Waals surface area contributed by atoms with Crippen LogP contribution < -0.4 is 10.5 Å². The fourth-order valence-corrected chi connectivity index (χ4v) is 3.22. The van der Waals surface area contributed by atoms with E-state index >= 15 is 0 Å². The van der Waals surface area contributed by atoms with Crippen molar-refractivity contribution in [3.8, 4) is 22.6 Å². The molecule has 3 N–H and O–H groups in total. The highest BCUT2D eigenvalue weighted by Gasteiger charge is 2.30. The van der Waals surface area contributed by atoms with Crippen LogP contribution in [0.2, 0.25) is 0 Å². The van der Waals surface area contributed by atoms with Crippen LogP contribution in [0.3, 0.4) is 0 Å². The summed E-state index contributed by atoms with van der Waals surface area (Å²) < 4.78 is 42.8. The molecule has 0 fully saturated rings. The van der Waals surface area contributed by atoms with Gasteiger partial charge < -0.3 is 15.6 Å². The Bertz CT molecular complexity index is 1330. The number of hydrogen-bond donors (Lipinski definition) is 2. The molecule has 162 valence electrons. The number of aliphatic imine (C=N–C) groups is 1. The first-order chi connectivity index (χ1) is 15.2. The molecule has 0 aliphatic rings. The molecule has 0 aliphatic heterocycles. The van der Waals surface area contributed by atoms with E-state index in [2.05, 4.69) is 14.7 Å². The first-order valence-electron chi connectivity index (χ1n) is 9.21. The number of aromatic nitrogens is 2. The molecule has 0 radical (unpaired) electrons. The van der Waals surface area contributed by atoms with Gasteiger partial charge in [-0.2, -0.15) is 4.99 Å². The third-order valence-corrected chi connectivity index (χ3v) is 4.60. The van der Waals surface area contributed by atoms with Gasteiger partial charge in [-0.25, -0.2) is 9.78 Å². The highest BCUT2D eigenvalue weighted by atomic mass is 19.4. The Labute approximate surface area is 179 Å². The second-order valence-electron chi connectivity index (χ2n) is 6.72. The van der Waals surface area contributed by atoms with E-state index in [1.165, 1.54) is 24.3 Å². The van der Waals surface area contributed by atoms with Gasteiger partial charge >= 0.3 is 12.5 Å². The van der Waals surface area contributed by atoms with Crippen LogP contribution >= 0.6 is 0 Å². The summed E-state index contributed by atoms with van der Waals surface area (Å²) in [5, 5.41) is 8.81. The molecule has 0 bridgehead atoms. The lowest BCUT2D eigenvalue weighted by Crippen LogP contribution is -2.16. The topological polar surface area (TPSA) is 103 Å². The number of benzene rings is 3. The Balaban J connectivity index is 1.70. The van der Waals surface area contributed by atoms with E-state index in [-0.39, 0.29) is 11.6 Å². The van der Waals surface area contributed by atoms with Gasteiger partial charge in [0, 0.05) is 11.3 Å². The molecule has 0 atom stereocenters. The number of carboxylic acid groups (broad SMARTS) is 1. The lowest BCUT2D eigenvalue weighted by Gasteiger charge is -2.11. The number of carbonyl (C=O) groups is 1. The maximum atomic E-state index is 12.4. The van der Waals surface area contributed by atoms with Gasteiger partial charge in [-0.15, -0.1) is 13.2 Å². The second kappa shape index (κ2) is 8.06. The van der Waals surface area contributed by atoms with Crippen molar-refractivity contribution in [2.75, 3.05) is 0 Å². The number of nitrogens with zero attached hydrogens (tertiary/aromatic N) is 3. The van der Waals surface area contributed by atoms with Gasteiger partial charge in [0.05, 0.1) is 11.0 Å². The number of nitrogens with two attached hydrogens (primary N) is 1. The second-order valence-corrected chi connectivity index (χ2v) is 6.72. The summed E-state index contributed by atoms with van der Waals surface area (Å²) in [4.78, 5) is 18.5. The van der Waals surface area contributed by atoms with Crippen molar-refractivity contribution in [1.82, 2.24) is 9.55 Å². The first kappa shape index (κ1) is 20.9. The summed E-state index contributed by atoms with van der Waals surface area (Å²) in [5.41, 5.74) is 9.73. The number of alkyl halides is 3. The SMILES string of the molecule is N/C(=N\C(=O)O)c1ccc2ncn(-c3cccc(-c4ccc(OC(F)(F)F)cc4)c3)c2c1. The van der Waals surface area contributed by atoms with Crippen LogP contribution in [0.15, 0.2) is 78.0 Å². The molecule has 10 heteroatoms. The number of imidazole rings is 1. The van der Waals surface area contributed by atoms with Crippen LogP contribution in [-0.4, -0.2) is 32.9 Å². The van der Waals surface area contributed by atoms with Crippen molar-refractivity contribution in [3.63, 3.8) is 0 Å². The smallest absolute Gasteiger partial charge is 0.463 e. The summed E-state index contributed by atoms with van der Waals surface area (Å²) in [5.74, 6) is -0.437. The van der Waals surface area contributed by atoms with E-state index in [9.17, 15) is 18.0 Å². The molecule has 32 heavy (non-hydrogen) atoms. The van der Waals surface area contributed by atoms with Crippen molar-refractivity contribution < 1.29 is 27.8 Å². The Morgan fingerprint density at radius 3 is 2.47 bits per heavy atom. The van der Waals surface area contributed by atoms with Gasteiger partial charge in [-0.05, 0) is 53.6 Å². The van der Waals surface area contributed by atoms with Crippen molar-refractivity contribution in [1.29, 1.82) is 0 Å². The number of amidine groups is 1. The number of rotatable bonds is 4. The zero-order valence-electron chi connectivity index (χ0n) is 16.2. The molecule has 0 unspecified atom stereocenters. The standard InChI is InChI=1S/C22H15F3N4O3/c23-22(24,25)32-17-7-4-13(5-8-17)14-2-1-3-16(10-14)29-12-27-18-9-6-15(11-19(18)29)20(26)28-21(30)31/h1-12H,(H2,26,28)(H,30,31). The van der Waals surface area contributed by atoms with Crippen LogP contribution in [0.1, 0.15) is 5.56 Å². The highest BCUT2D eigenvalue weighted by molar-refractivity contribution is 6.04. The lowest BCUT2D eigenvalue weighted by molar-refractivity contribution is -0.274. The first-order valence-corrected chi connectivity index (χ1v) is 9.21. The van der Waals surface area contributed by atoms with Crippen molar-refractivity contribution in [3.05, 3.63) is 78.6 Å². The fourth-order valence-electron chi connectivity index (χ4n) is 3.22. The molecule has 1 heterocycles. The van der Waals surface area contributed by atoms with Gasteiger partial charge in [-0.1, -0.05) is 24.3 Å². The van der Waals surface area contributed by atoms with Crippen LogP contribution in [-0.2, 0) is 0 Å². The Kier molecular flexibility index (Phi) is 5.27. The molecule has 0 saturated heterocycles. The quantitative estimate of drug-likeness (QED) is 0.344. The molecule has 3 aromatic carbocycles. The molecule has 0 saturated carbocycles. The fraction of sp³-hybridized carbons (Fsp3) is 0.0455. The molecule has 0 aliphatic carbocycles. The summed E-state index contributed by atoms with van der Waals surface area (Å²) in [6.45, 7) is 0. The maximum Gasteiger partial charge on any atom is 0.573 e. The third-order valence-electron chi connectivity index (χ3n) is 4.60. The van der Waals surface area contributed by atoms with E-state index in [0.717, 1.165) is 11.3 Å². The van der Waals surface area contributed by atoms with Crippen molar-refractivity contribution in [2.24, 2.45) is 10.7 Å². The average molecular weight is 440 g/mol. The van der Waals surface area contributed by atoms with E-state index < -0.39 is 12.5 Å². The monoisotopic (exact) mass is 440 g/mol. The van der Waals surface area contributed by atoms with E-state index in [4.69, 9.17) is 10.8 Å². The minimum Gasteiger partial charge on any atom is -0.463 e. The molecular weight excluding hydrogens is 425 g/mol. The zero-order chi connectivity index (χ0) is 22.9.